The lowest BCUT2D eigenvalue weighted by atomic mass is 9.92. The molecule has 0 N–H and O–H groups in total. The molecule has 1 heterocycles. The third kappa shape index (κ3) is 6.29. The van der Waals surface area contributed by atoms with Crippen molar-refractivity contribution in [3.05, 3.63) is 46.8 Å². The minimum Gasteiger partial charge on any atom is -0.494 e. The molecule has 0 atom stereocenters. The van der Waals surface area contributed by atoms with Crippen LogP contribution in [0.25, 0.3) is 11.1 Å². The molecular weight excluding hydrogens is 394 g/mol. The van der Waals surface area contributed by atoms with Crippen LogP contribution in [0.15, 0.2) is 24.3 Å². The van der Waals surface area contributed by atoms with Crippen LogP contribution in [-0.4, -0.2) is 36.7 Å². The van der Waals surface area contributed by atoms with E-state index in [4.69, 9.17) is 14.2 Å². The van der Waals surface area contributed by atoms with Crippen molar-refractivity contribution in [1.82, 2.24) is 4.98 Å². The number of esters is 2. The zero-order valence-electron chi connectivity index (χ0n) is 19.2. The number of ether oxygens (including phenoxy) is 3. The number of benzene rings is 1. The van der Waals surface area contributed by atoms with Crippen molar-refractivity contribution in [3.8, 4) is 16.9 Å². The predicted molar refractivity (Wildman–Crippen MR) is 121 cm³/mol. The largest absolute Gasteiger partial charge is 0.494 e. The molecule has 0 amide bonds. The molecule has 0 bridgehead atoms. The average Bonchev–Trinajstić information content (AvgIpc) is 2.73. The molecule has 1 aromatic carbocycles. The molecule has 168 valence electrons. The van der Waals surface area contributed by atoms with Crippen LogP contribution >= 0.6 is 0 Å². The van der Waals surface area contributed by atoms with Gasteiger partial charge in [0.2, 0.25) is 0 Å². The summed E-state index contributed by atoms with van der Waals surface area (Å²) >= 11 is 0. The number of rotatable bonds is 11. The third-order valence-corrected chi connectivity index (χ3v) is 4.93. The molecule has 2 rings (SSSR count). The lowest BCUT2D eigenvalue weighted by Crippen LogP contribution is -2.17. The van der Waals surface area contributed by atoms with E-state index in [2.05, 4.69) is 11.9 Å². The molecule has 0 aliphatic rings. The molecule has 2 aromatic rings. The molecule has 31 heavy (non-hydrogen) atoms. The second kappa shape index (κ2) is 12.1. The zero-order chi connectivity index (χ0) is 22.8. The quantitative estimate of drug-likeness (QED) is 0.339. The third-order valence-electron chi connectivity index (χ3n) is 4.93. The maximum atomic E-state index is 12.8. The number of aryl methyl sites for hydroxylation is 2. The molecule has 0 unspecified atom stereocenters. The maximum absolute atomic E-state index is 12.8. The van der Waals surface area contributed by atoms with Gasteiger partial charge in [-0.05, 0) is 51.8 Å². The van der Waals surface area contributed by atoms with E-state index in [0.29, 0.717) is 29.1 Å². The van der Waals surface area contributed by atoms with Gasteiger partial charge in [-0.3, -0.25) is 4.98 Å². The highest BCUT2D eigenvalue weighted by molar-refractivity contribution is 6.07. The number of hydrogen-bond donors (Lipinski definition) is 0. The fourth-order valence-electron chi connectivity index (χ4n) is 3.48. The number of unbranched alkanes of at least 4 members (excludes halogenated alkanes) is 3. The summed E-state index contributed by atoms with van der Waals surface area (Å²) < 4.78 is 16.3. The minimum atomic E-state index is -0.510. The summed E-state index contributed by atoms with van der Waals surface area (Å²) in [5, 5.41) is 0. The van der Waals surface area contributed by atoms with Crippen LogP contribution in [0.4, 0.5) is 0 Å². The van der Waals surface area contributed by atoms with Crippen LogP contribution in [-0.2, 0) is 9.47 Å². The van der Waals surface area contributed by atoms with E-state index in [1.165, 1.54) is 12.8 Å². The summed E-state index contributed by atoms with van der Waals surface area (Å²) in [5.74, 6) is -0.272. The standard InChI is InChI=1S/C25H33NO5/c1-6-9-10-11-16-31-20-14-12-19(13-15-20)23-21(24(27)29-7-2)17(4)26-18(5)22(23)25(28)30-8-3/h12-15H,6-11,16H2,1-5H3. The SMILES string of the molecule is CCCCCCOc1ccc(-c2c(C(=O)OCC)c(C)nc(C)c2C(=O)OCC)cc1. The second-order valence-corrected chi connectivity index (χ2v) is 7.28. The van der Waals surface area contributed by atoms with Crippen LogP contribution in [0.5, 0.6) is 5.75 Å². The molecule has 0 aliphatic carbocycles. The van der Waals surface area contributed by atoms with E-state index in [1.54, 1.807) is 27.7 Å². The van der Waals surface area contributed by atoms with Gasteiger partial charge in [0.15, 0.2) is 0 Å². The summed E-state index contributed by atoms with van der Waals surface area (Å²) in [4.78, 5) is 29.9. The van der Waals surface area contributed by atoms with E-state index >= 15 is 0 Å². The fraction of sp³-hybridized carbons (Fsp3) is 0.480. The van der Waals surface area contributed by atoms with Gasteiger partial charge < -0.3 is 14.2 Å². The lowest BCUT2D eigenvalue weighted by Gasteiger charge is -2.18. The number of aromatic nitrogens is 1. The lowest BCUT2D eigenvalue weighted by molar-refractivity contribution is 0.0525. The number of pyridine rings is 1. The molecule has 0 radical (unpaired) electrons. The van der Waals surface area contributed by atoms with E-state index in [9.17, 15) is 9.59 Å². The average molecular weight is 428 g/mol. The van der Waals surface area contributed by atoms with Crippen molar-refractivity contribution in [3.63, 3.8) is 0 Å². The predicted octanol–water partition coefficient (Wildman–Crippen LogP) is 5.68. The molecule has 6 heteroatoms. The molecule has 0 aliphatic heterocycles. The van der Waals surface area contributed by atoms with E-state index in [1.807, 2.05) is 24.3 Å². The Morgan fingerprint density at radius 1 is 0.806 bits per heavy atom. The van der Waals surface area contributed by atoms with Gasteiger partial charge in [-0.1, -0.05) is 38.3 Å². The first-order chi connectivity index (χ1) is 14.9. The van der Waals surface area contributed by atoms with Gasteiger partial charge in [-0.2, -0.15) is 0 Å². The zero-order valence-corrected chi connectivity index (χ0v) is 19.2. The molecule has 0 spiro atoms. The fourth-order valence-corrected chi connectivity index (χ4v) is 3.48. The Morgan fingerprint density at radius 3 is 1.84 bits per heavy atom. The van der Waals surface area contributed by atoms with Gasteiger partial charge in [0.1, 0.15) is 5.75 Å². The van der Waals surface area contributed by atoms with E-state index in [-0.39, 0.29) is 24.3 Å². The van der Waals surface area contributed by atoms with E-state index in [0.717, 1.165) is 18.6 Å². The van der Waals surface area contributed by atoms with Gasteiger partial charge in [-0.25, -0.2) is 9.59 Å². The molecular formula is C25H33NO5. The Morgan fingerprint density at radius 2 is 1.35 bits per heavy atom. The Labute approximate surface area is 184 Å². The Kier molecular flexibility index (Phi) is 9.50. The van der Waals surface area contributed by atoms with Crippen LogP contribution in [0.3, 0.4) is 0 Å². The number of nitrogens with zero attached hydrogens (tertiary/aromatic N) is 1. The first-order valence-corrected chi connectivity index (χ1v) is 11.0. The monoisotopic (exact) mass is 427 g/mol. The molecule has 0 saturated carbocycles. The number of carbonyl (C=O) groups excluding carboxylic acids is 2. The van der Waals surface area contributed by atoms with Gasteiger partial charge in [0.05, 0.1) is 42.3 Å². The van der Waals surface area contributed by atoms with Crippen LogP contribution < -0.4 is 4.74 Å². The summed E-state index contributed by atoms with van der Waals surface area (Å²) in [5.41, 5.74) is 2.77. The van der Waals surface area contributed by atoms with Crippen LogP contribution in [0.2, 0.25) is 0 Å². The van der Waals surface area contributed by atoms with Crippen molar-refractivity contribution in [2.45, 2.75) is 60.3 Å². The first kappa shape index (κ1) is 24.4. The summed E-state index contributed by atoms with van der Waals surface area (Å²) in [6.07, 6.45) is 4.55. The smallest absolute Gasteiger partial charge is 0.340 e. The normalized spacial score (nSPS) is 10.6. The minimum absolute atomic E-state index is 0.227. The van der Waals surface area contributed by atoms with Gasteiger partial charge in [-0.15, -0.1) is 0 Å². The van der Waals surface area contributed by atoms with E-state index < -0.39 is 11.9 Å². The van der Waals surface area contributed by atoms with Crippen LogP contribution in [0.1, 0.15) is 78.6 Å². The van der Waals surface area contributed by atoms with Crippen molar-refractivity contribution in [2.24, 2.45) is 0 Å². The maximum Gasteiger partial charge on any atom is 0.340 e. The number of carbonyl (C=O) groups is 2. The highest BCUT2D eigenvalue weighted by Gasteiger charge is 2.27. The highest BCUT2D eigenvalue weighted by Crippen LogP contribution is 2.33. The first-order valence-electron chi connectivity index (χ1n) is 11.0. The molecule has 1 aromatic heterocycles. The summed E-state index contributed by atoms with van der Waals surface area (Å²) in [6.45, 7) is 10.3. The molecule has 0 saturated heterocycles. The summed E-state index contributed by atoms with van der Waals surface area (Å²) in [7, 11) is 0. The topological polar surface area (TPSA) is 74.7 Å². The molecule has 0 fully saturated rings. The number of hydrogen-bond acceptors (Lipinski definition) is 6. The highest BCUT2D eigenvalue weighted by atomic mass is 16.5. The Hall–Kier alpha value is -2.89. The van der Waals surface area contributed by atoms with Crippen molar-refractivity contribution >= 4 is 11.9 Å². The van der Waals surface area contributed by atoms with Gasteiger partial charge in [0, 0.05) is 5.56 Å². The second-order valence-electron chi connectivity index (χ2n) is 7.28. The van der Waals surface area contributed by atoms with Crippen molar-refractivity contribution in [1.29, 1.82) is 0 Å². The Balaban J connectivity index is 2.46. The van der Waals surface area contributed by atoms with Gasteiger partial charge >= 0.3 is 11.9 Å². The van der Waals surface area contributed by atoms with Crippen LogP contribution in [0, 0.1) is 13.8 Å². The van der Waals surface area contributed by atoms with Crippen molar-refractivity contribution < 1.29 is 23.8 Å². The molecule has 6 nitrogen and oxygen atoms in total. The van der Waals surface area contributed by atoms with Gasteiger partial charge in [0.25, 0.3) is 0 Å². The summed E-state index contributed by atoms with van der Waals surface area (Å²) in [6, 6.07) is 7.40. The Bertz CT molecular complexity index is 848. The van der Waals surface area contributed by atoms with Crippen molar-refractivity contribution in [2.75, 3.05) is 19.8 Å².